The van der Waals surface area contributed by atoms with Crippen molar-refractivity contribution >= 4 is 11.6 Å². The Morgan fingerprint density at radius 2 is 1.60 bits per heavy atom. The monoisotopic (exact) mass is 329 g/mol. The lowest BCUT2D eigenvalue weighted by Crippen LogP contribution is -2.08. The van der Waals surface area contributed by atoms with Crippen LogP contribution in [0.2, 0.25) is 0 Å². The van der Waals surface area contributed by atoms with Crippen molar-refractivity contribution in [2.24, 2.45) is 0 Å². The van der Waals surface area contributed by atoms with Crippen LogP contribution in [-0.4, -0.2) is 25.7 Å². The van der Waals surface area contributed by atoms with Crippen LogP contribution in [0, 0.1) is 6.92 Å². The lowest BCUT2D eigenvalue weighted by atomic mass is 10.1. The molecule has 1 N–H and O–H groups in total. The first kappa shape index (κ1) is 15.1. The zero-order chi connectivity index (χ0) is 17.4. The number of benzene rings is 2. The van der Waals surface area contributed by atoms with Gasteiger partial charge < -0.3 is 5.11 Å². The highest BCUT2D eigenvalue weighted by molar-refractivity contribution is 5.88. The van der Waals surface area contributed by atoms with Gasteiger partial charge in [-0.15, -0.1) is 0 Å². The van der Waals surface area contributed by atoms with Crippen molar-refractivity contribution in [1.82, 2.24) is 14.6 Å². The SMILES string of the molecule is Cc1ccc(-c2cc(C(=O)O)n3nc(-c4ccccc4)cc3n2)cc1. The first-order valence-electron chi connectivity index (χ1n) is 7.88. The normalized spacial score (nSPS) is 10.9. The molecular weight excluding hydrogens is 314 g/mol. The van der Waals surface area contributed by atoms with Gasteiger partial charge in [0.15, 0.2) is 11.3 Å². The standard InChI is InChI=1S/C20H15N3O2/c1-13-7-9-15(10-8-13)16-11-18(20(24)25)23-19(21-16)12-17(22-23)14-5-3-2-4-6-14/h2-12H,1H3,(H,24,25). The maximum absolute atomic E-state index is 11.7. The van der Waals surface area contributed by atoms with Crippen LogP contribution in [0.3, 0.4) is 0 Å². The Morgan fingerprint density at radius 3 is 2.28 bits per heavy atom. The molecular formula is C20H15N3O2. The molecule has 25 heavy (non-hydrogen) atoms. The van der Waals surface area contributed by atoms with E-state index in [1.807, 2.05) is 61.5 Å². The average Bonchev–Trinajstić information content (AvgIpc) is 3.06. The van der Waals surface area contributed by atoms with Gasteiger partial charge in [-0.1, -0.05) is 60.2 Å². The summed E-state index contributed by atoms with van der Waals surface area (Å²) in [5.74, 6) is -1.04. The minimum Gasteiger partial charge on any atom is -0.477 e. The Bertz CT molecular complexity index is 1070. The lowest BCUT2D eigenvalue weighted by molar-refractivity contribution is 0.0687. The number of carboxylic acids is 1. The van der Waals surface area contributed by atoms with Crippen molar-refractivity contribution in [1.29, 1.82) is 0 Å². The number of hydrogen-bond acceptors (Lipinski definition) is 3. The molecule has 0 spiro atoms. The summed E-state index contributed by atoms with van der Waals surface area (Å²) in [5, 5.41) is 14.0. The molecule has 2 aromatic heterocycles. The number of nitrogens with zero attached hydrogens (tertiary/aromatic N) is 3. The molecule has 0 aliphatic carbocycles. The van der Waals surface area contributed by atoms with Crippen molar-refractivity contribution in [3.8, 4) is 22.5 Å². The van der Waals surface area contributed by atoms with Crippen molar-refractivity contribution in [2.75, 3.05) is 0 Å². The molecule has 0 unspecified atom stereocenters. The van der Waals surface area contributed by atoms with Crippen LogP contribution in [0.1, 0.15) is 16.1 Å². The Morgan fingerprint density at radius 1 is 0.920 bits per heavy atom. The van der Waals surface area contributed by atoms with E-state index in [-0.39, 0.29) is 5.69 Å². The highest BCUT2D eigenvalue weighted by Gasteiger charge is 2.16. The van der Waals surface area contributed by atoms with Crippen molar-refractivity contribution in [2.45, 2.75) is 6.92 Å². The van der Waals surface area contributed by atoms with Crippen LogP contribution in [-0.2, 0) is 0 Å². The topological polar surface area (TPSA) is 67.5 Å². The van der Waals surface area contributed by atoms with Gasteiger partial charge in [0.25, 0.3) is 0 Å². The largest absolute Gasteiger partial charge is 0.477 e. The van der Waals surface area contributed by atoms with Crippen LogP contribution in [0.5, 0.6) is 0 Å². The van der Waals surface area contributed by atoms with Gasteiger partial charge in [-0.3, -0.25) is 0 Å². The van der Waals surface area contributed by atoms with E-state index in [1.54, 1.807) is 12.1 Å². The van der Waals surface area contributed by atoms with Gasteiger partial charge >= 0.3 is 5.97 Å². The van der Waals surface area contributed by atoms with E-state index in [0.29, 0.717) is 17.0 Å². The van der Waals surface area contributed by atoms with Crippen molar-refractivity contribution in [3.63, 3.8) is 0 Å². The summed E-state index contributed by atoms with van der Waals surface area (Å²) in [5.41, 5.74) is 4.83. The Hall–Kier alpha value is -3.47. The zero-order valence-corrected chi connectivity index (χ0v) is 13.5. The van der Waals surface area contributed by atoms with E-state index in [1.165, 1.54) is 4.52 Å². The van der Waals surface area contributed by atoms with E-state index in [2.05, 4.69) is 10.1 Å². The van der Waals surface area contributed by atoms with Gasteiger partial charge in [-0.2, -0.15) is 5.10 Å². The number of aromatic carboxylic acids is 1. The summed E-state index contributed by atoms with van der Waals surface area (Å²) in [6, 6.07) is 20.8. The number of fused-ring (bicyclic) bond motifs is 1. The van der Waals surface area contributed by atoms with E-state index < -0.39 is 5.97 Å². The third kappa shape index (κ3) is 2.76. The van der Waals surface area contributed by atoms with E-state index in [9.17, 15) is 9.90 Å². The molecule has 0 amide bonds. The van der Waals surface area contributed by atoms with E-state index in [4.69, 9.17) is 0 Å². The number of carbonyl (C=O) groups is 1. The fourth-order valence-corrected chi connectivity index (χ4v) is 2.75. The number of hydrogen-bond donors (Lipinski definition) is 1. The smallest absolute Gasteiger partial charge is 0.354 e. The first-order chi connectivity index (χ1) is 12.1. The summed E-state index contributed by atoms with van der Waals surface area (Å²) in [7, 11) is 0. The molecule has 2 heterocycles. The molecule has 4 rings (SSSR count). The summed E-state index contributed by atoms with van der Waals surface area (Å²) in [6.45, 7) is 2.01. The van der Waals surface area contributed by atoms with Crippen LogP contribution < -0.4 is 0 Å². The summed E-state index contributed by atoms with van der Waals surface area (Å²) in [4.78, 5) is 16.3. The minimum atomic E-state index is -1.04. The molecule has 0 radical (unpaired) electrons. The van der Waals surface area contributed by atoms with Gasteiger partial charge in [0.05, 0.1) is 11.4 Å². The van der Waals surface area contributed by atoms with Gasteiger partial charge in [0.2, 0.25) is 0 Å². The summed E-state index contributed by atoms with van der Waals surface area (Å²) < 4.78 is 1.38. The maximum Gasteiger partial charge on any atom is 0.354 e. The number of rotatable bonds is 3. The lowest BCUT2D eigenvalue weighted by Gasteiger charge is -2.05. The highest BCUT2D eigenvalue weighted by Crippen LogP contribution is 2.24. The molecule has 0 saturated heterocycles. The van der Waals surface area contributed by atoms with Gasteiger partial charge in [-0.25, -0.2) is 14.3 Å². The van der Waals surface area contributed by atoms with Gasteiger partial charge in [0, 0.05) is 17.2 Å². The second kappa shape index (κ2) is 5.87. The Labute approximate surface area is 144 Å². The molecule has 5 heteroatoms. The third-order valence-corrected chi connectivity index (χ3v) is 4.06. The van der Waals surface area contributed by atoms with E-state index >= 15 is 0 Å². The number of aryl methyl sites for hydroxylation is 1. The molecule has 0 atom stereocenters. The average molecular weight is 329 g/mol. The van der Waals surface area contributed by atoms with Crippen molar-refractivity contribution in [3.05, 3.63) is 78.0 Å². The molecule has 0 saturated carbocycles. The summed E-state index contributed by atoms with van der Waals surface area (Å²) in [6.07, 6.45) is 0. The fourth-order valence-electron chi connectivity index (χ4n) is 2.75. The predicted molar refractivity (Wildman–Crippen MR) is 95.6 cm³/mol. The predicted octanol–water partition coefficient (Wildman–Crippen LogP) is 4.07. The third-order valence-electron chi connectivity index (χ3n) is 4.06. The summed E-state index contributed by atoms with van der Waals surface area (Å²) >= 11 is 0. The highest BCUT2D eigenvalue weighted by atomic mass is 16.4. The first-order valence-corrected chi connectivity index (χ1v) is 7.88. The Kier molecular flexibility index (Phi) is 3.54. The molecule has 0 aliphatic rings. The molecule has 122 valence electrons. The van der Waals surface area contributed by atoms with Gasteiger partial charge in [0.1, 0.15) is 0 Å². The quantitative estimate of drug-likeness (QED) is 0.615. The second-order valence-electron chi connectivity index (χ2n) is 5.86. The molecule has 5 nitrogen and oxygen atoms in total. The van der Waals surface area contributed by atoms with Crippen molar-refractivity contribution < 1.29 is 9.90 Å². The molecule has 0 fully saturated rings. The maximum atomic E-state index is 11.7. The van der Waals surface area contributed by atoms with E-state index in [0.717, 1.165) is 16.7 Å². The molecule has 0 aliphatic heterocycles. The Balaban J connectivity index is 1.93. The van der Waals surface area contributed by atoms with Crippen LogP contribution in [0.4, 0.5) is 0 Å². The van der Waals surface area contributed by atoms with Crippen LogP contribution in [0.25, 0.3) is 28.2 Å². The molecule has 0 bridgehead atoms. The minimum absolute atomic E-state index is 0.0859. The van der Waals surface area contributed by atoms with Gasteiger partial charge in [-0.05, 0) is 13.0 Å². The second-order valence-corrected chi connectivity index (χ2v) is 5.86. The number of carboxylic acid groups (broad SMARTS) is 1. The van der Waals surface area contributed by atoms with Crippen LogP contribution >= 0.6 is 0 Å². The molecule has 4 aromatic rings. The number of aromatic nitrogens is 3. The fraction of sp³-hybridized carbons (Fsp3) is 0.0500. The zero-order valence-electron chi connectivity index (χ0n) is 13.5. The molecule has 2 aromatic carbocycles. The van der Waals surface area contributed by atoms with Crippen LogP contribution in [0.15, 0.2) is 66.7 Å².